The largest absolute Gasteiger partial charge is 0.465 e. The SMILES string of the molecule is CC(C)COC(=O)CCC(=O)OCC(Cl)(Cl)Cl. The molecule has 7 heteroatoms. The molecule has 100 valence electrons. The van der Waals surface area contributed by atoms with Gasteiger partial charge in [0.25, 0.3) is 0 Å². The molecule has 4 nitrogen and oxygen atoms in total. The minimum Gasteiger partial charge on any atom is -0.465 e. The number of alkyl halides is 3. The maximum atomic E-state index is 11.1. The Labute approximate surface area is 115 Å². The van der Waals surface area contributed by atoms with Crippen molar-refractivity contribution in [3.63, 3.8) is 0 Å². The lowest BCUT2D eigenvalue weighted by molar-refractivity contribution is -0.150. The average Bonchev–Trinajstić information content (AvgIpc) is 2.19. The van der Waals surface area contributed by atoms with Gasteiger partial charge < -0.3 is 9.47 Å². The summed E-state index contributed by atoms with van der Waals surface area (Å²) in [6, 6.07) is 0. The van der Waals surface area contributed by atoms with Crippen LogP contribution >= 0.6 is 34.8 Å². The minimum atomic E-state index is -1.63. The number of hydrogen-bond acceptors (Lipinski definition) is 4. The van der Waals surface area contributed by atoms with E-state index in [-0.39, 0.29) is 25.4 Å². The van der Waals surface area contributed by atoms with Crippen LogP contribution in [-0.2, 0) is 19.1 Å². The van der Waals surface area contributed by atoms with Crippen LogP contribution in [0.2, 0.25) is 0 Å². The number of hydrogen-bond donors (Lipinski definition) is 0. The zero-order chi connectivity index (χ0) is 13.5. The molecule has 0 saturated carbocycles. The summed E-state index contributed by atoms with van der Waals surface area (Å²) < 4.78 is 7.88. The third kappa shape index (κ3) is 12.1. The van der Waals surface area contributed by atoms with Gasteiger partial charge in [0.05, 0.1) is 19.4 Å². The van der Waals surface area contributed by atoms with E-state index in [1.54, 1.807) is 0 Å². The lowest BCUT2D eigenvalue weighted by Gasteiger charge is -2.11. The molecule has 0 fully saturated rings. The van der Waals surface area contributed by atoms with Crippen molar-refractivity contribution in [1.29, 1.82) is 0 Å². The maximum Gasteiger partial charge on any atom is 0.306 e. The highest BCUT2D eigenvalue weighted by Gasteiger charge is 2.22. The molecule has 0 unspecified atom stereocenters. The standard InChI is InChI=1S/C10H15Cl3O4/c1-7(2)5-16-8(14)3-4-9(15)17-6-10(11,12)13/h7H,3-6H2,1-2H3. The van der Waals surface area contributed by atoms with E-state index in [1.165, 1.54) is 0 Å². The summed E-state index contributed by atoms with van der Waals surface area (Å²) in [6.45, 7) is 3.84. The second-order valence-electron chi connectivity index (χ2n) is 3.85. The summed E-state index contributed by atoms with van der Waals surface area (Å²) in [5.74, 6) is -0.780. The van der Waals surface area contributed by atoms with Crippen LogP contribution in [0.4, 0.5) is 0 Å². The summed E-state index contributed by atoms with van der Waals surface area (Å²) in [5, 5.41) is 0. The van der Waals surface area contributed by atoms with Crippen LogP contribution in [0.1, 0.15) is 26.7 Å². The highest BCUT2D eigenvalue weighted by atomic mass is 35.6. The molecule has 0 radical (unpaired) electrons. The van der Waals surface area contributed by atoms with Crippen molar-refractivity contribution >= 4 is 46.7 Å². The van der Waals surface area contributed by atoms with E-state index in [4.69, 9.17) is 39.5 Å². The molecular weight excluding hydrogens is 290 g/mol. The smallest absolute Gasteiger partial charge is 0.306 e. The van der Waals surface area contributed by atoms with Gasteiger partial charge in [-0.2, -0.15) is 0 Å². The molecule has 0 saturated heterocycles. The summed E-state index contributed by atoms with van der Waals surface area (Å²) in [7, 11) is 0. The van der Waals surface area contributed by atoms with Crippen molar-refractivity contribution in [3.8, 4) is 0 Å². The van der Waals surface area contributed by atoms with Crippen molar-refractivity contribution < 1.29 is 19.1 Å². The Kier molecular flexibility index (Phi) is 7.92. The Balaban J connectivity index is 3.66. The number of esters is 2. The Morgan fingerprint density at radius 1 is 1.06 bits per heavy atom. The lowest BCUT2D eigenvalue weighted by atomic mass is 10.2. The van der Waals surface area contributed by atoms with Crippen LogP contribution in [-0.4, -0.2) is 28.9 Å². The Morgan fingerprint density at radius 3 is 1.94 bits per heavy atom. The van der Waals surface area contributed by atoms with Crippen molar-refractivity contribution in [3.05, 3.63) is 0 Å². The monoisotopic (exact) mass is 304 g/mol. The van der Waals surface area contributed by atoms with Crippen LogP contribution in [0.5, 0.6) is 0 Å². The number of carbonyl (C=O) groups is 2. The van der Waals surface area contributed by atoms with Crippen molar-refractivity contribution in [1.82, 2.24) is 0 Å². The number of rotatable bonds is 6. The summed E-state index contributed by atoms with van der Waals surface area (Å²) in [5.41, 5.74) is 0. The molecule has 0 heterocycles. The molecule has 0 rings (SSSR count). The van der Waals surface area contributed by atoms with E-state index in [9.17, 15) is 9.59 Å². The second kappa shape index (κ2) is 8.01. The minimum absolute atomic E-state index is 0.0363. The Bertz CT molecular complexity index is 261. The molecule has 0 aliphatic heterocycles. The first kappa shape index (κ1) is 16.8. The first-order valence-electron chi connectivity index (χ1n) is 5.08. The van der Waals surface area contributed by atoms with Gasteiger partial charge in [-0.05, 0) is 5.92 Å². The Morgan fingerprint density at radius 2 is 1.53 bits per heavy atom. The highest BCUT2D eigenvalue weighted by molar-refractivity contribution is 6.67. The zero-order valence-electron chi connectivity index (χ0n) is 9.67. The predicted octanol–water partition coefficient (Wildman–Crippen LogP) is 2.88. The molecule has 0 aromatic rings. The first-order valence-corrected chi connectivity index (χ1v) is 6.22. The van der Waals surface area contributed by atoms with E-state index in [0.717, 1.165) is 0 Å². The average molecular weight is 306 g/mol. The third-order valence-electron chi connectivity index (χ3n) is 1.51. The predicted molar refractivity (Wildman–Crippen MR) is 66.3 cm³/mol. The van der Waals surface area contributed by atoms with Crippen LogP contribution in [0, 0.1) is 5.92 Å². The van der Waals surface area contributed by atoms with Crippen LogP contribution in [0.3, 0.4) is 0 Å². The maximum absolute atomic E-state index is 11.1. The number of ether oxygens (including phenoxy) is 2. The van der Waals surface area contributed by atoms with Gasteiger partial charge in [-0.3, -0.25) is 9.59 Å². The van der Waals surface area contributed by atoms with Crippen molar-refractivity contribution in [2.45, 2.75) is 30.5 Å². The van der Waals surface area contributed by atoms with E-state index in [0.29, 0.717) is 6.61 Å². The van der Waals surface area contributed by atoms with Gasteiger partial charge in [-0.25, -0.2) is 0 Å². The molecule has 0 aromatic heterocycles. The van der Waals surface area contributed by atoms with Crippen molar-refractivity contribution in [2.75, 3.05) is 13.2 Å². The molecule has 17 heavy (non-hydrogen) atoms. The second-order valence-corrected chi connectivity index (χ2v) is 6.37. The first-order chi connectivity index (χ1) is 7.70. The molecule has 0 bridgehead atoms. The lowest BCUT2D eigenvalue weighted by Crippen LogP contribution is -2.18. The Hall–Kier alpha value is -0.190. The molecular formula is C10H15Cl3O4. The normalized spacial score (nSPS) is 11.4. The molecule has 0 spiro atoms. The van der Waals surface area contributed by atoms with Crippen molar-refractivity contribution in [2.24, 2.45) is 5.92 Å². The van der Waals surface area contributed by atoms with Gasteiger partial charge in [0.2, 0.25) is 3.79 Å². The summed E-state index contributed by atoms with van der Waals surface area (Å²) in [6.07, 6.45) is -0.122. The summed E-state index contributed by atoms with van der Waals surface area (Å²) >= 11 is 16.2. The molecule has 0 aliphatic rings. The number of carbonyl (C=O) groups excluding carboxylic acids is 2. The van der Waals surface area contributed by atoms with Gasteiger partial charge >= 0.3 is 11.9 Å². The van der Waals surface area contributed by atoms with Crippen LogP contribution < -0.4 is 0 Å². The van der Waals surface area contributed by atoms with Crippen LogP contribution in [0.15, 0.2) is 0 Å². The van der Waals surface area contributed by atoms with E-state index in [2.05, 4.69) is 4.74 Å². The third-order valence-corrected chi connectivity index (χ3v) is 1.84. The van der Waals surface area contributed by atoms with Crippen LogP contribution in [0.25, 0.3) is 0 Å². The number of halogens is 3. The fourth-order valence-electron chi connectivity index (χ4n) is 0.770. The van der Waals surface area contributed by atoms with E-state index >= 15 is 0 Å². The quantitative estimate of drug-likeness (QED) is 0.559. The fraction of sp³-hybridized carbons (Fsp3) is 0.800. The van der Waals surface area contributed by atoms with E-state index in [1.807, 2.05) is 13.8 Å². The van der Waals surface area contributed by atoms with Gasteiger partial charge in [-0.1, -0.05) is 48.7 Å². The highest BCUT2D eigenvalue weighted by Crippen LogP contribution is 2.26. The van der Waals surface area contributed by atoms with Gasteiger partial charge in [0.1, 0.15) is 6.61 Å². The van der Waals surface area contributed by atoms with E-state index < -0.39 is 15.7 Å². The molecule has 0 atom stereocenters. The zero-order valence-corrected chi connectivity index (χ0v) is 11.9. The van der Waals surface area contributed by atoms with Gasteiger partial charge in [0, 0.05) is 0 Å². The topological polar surface area (TPSA) is 52.6 Å². The summed E-state index contributed by atoms with van der Waals surface area (Å²) in [4.78, 5) is 22.3. The van der Waals surface area contributed by atoms with Gasteiger partial charge in [-0.15, -0.1) is 0 Å². The molecule has 0 aliphatic carbocycles. The fourth-order valence-corrected chi connectivity index (χ4v) is 0.934. The molecule has 0 N–H and O–H groups in total. The molecule has 0 amide bonds. The molecule has 0 aromatic carbocycles. The van der Waals surface area contributed by atoms with Gasteiger partial charge in [0.15, 0.2) is 0 Å².